The Balaban J connectivity index is 1.98. The molecule has 1 fully saturated rings. The SMILES string of the molecule is CCN1CCC(CCCONC)CC1. The molecular formula is C11H24N2O. The molecule has 1 rings (SSSR count). The first kappa shape index (κ1) is 12.0. The molecule has 1 aliphatic heterocycles. The van der Waals surface area contributed by atoms with Gasteiger partial charge in [-0.25, -0.2) is 5.48 Å². The molecule has 0 aromatic heterocycles. The van der Waals surface area contributed by atoms with Crippen molar-refractivity contribution in [2.24, 2.45) is 5.92 Å². The highest BCUT2D eigenvalue weighted by molar-refractivity contribution is 4.71. The van der Waals surface area contributed by atoms with E-state index in [2.05, 4.69) is 17.3 Å². The molecule has 84 valence electrons. The van der Waals surface area contributed by atoms with E-state index in [0.29, 0.717) is 0 Å². The quantitative estimate of drug-likeness (QED) is 0.521. The average molecular weight is 200 g/mol. The van der Waals surface area contributed by atoms with Gasteiger partial charge in [0, 0.05) is 7.05 Å². The number of nitrogens with zero attached hydrogens (tertiary/aromatic N) is 1. The first-order valence-electron chi connectivity index (χ1n) is 5.87. The Bertz CT molecular complexity index is 133. The fourth-order valence-corrected chi connectivity index (χ4v) is 2.14. The van der Waals surface area contributed by atoms with Crippen molar-refractivity contribution in [2.45, 2.75) is 32.6 Å². The number of rotatable bonds is 6. The molecule has 1 saturated heterocycles. The predicted molar refractivity (Wildman–Crippen MR) is 59.1 cm³/mol. The Kier molecular flexibility index (Phi) is 6.15. The minimum absolute atomic E-state index is 0.852. The summed E-state index contributed by atoms with van der Waals surface area (Å²) in [6.45, 7) is 6.92. The lowest BCUT2D eigenvalue weighted by molar-refractivity contribution is 0.0510. The molecule has 0 unspecified atom stereocenters. The molecule has 1 heterocycles. The van der Waals surface area contributed by atoms with Gasteiger partial charge in [-0.15, -0.1) is 0 Å². The maximum atomic E-state index is 5.11. The Morgan fingerprint density at radius 3 is 2.64 bits per heavy atom. The van der Waals surface area contributed by atoms with Gasteiger partial charge in [0.15, 0.2) is 0 Å². The van der Waals surface area contributed by atoms with E-state index in [1.807, 2.05) is 7.05 Å². The molecule has 0 atom stereocenters. The number of hydrogen-bond donors (Lipinski definition) is 1. The van der Waals surface area contributed by atoms with Crippen molar-refractivity contribution in [1.29, 1.82) is 0 Å². The first-order valence-corrected chi connectivity index (χ1v) is 5.87. The number of piperidine rings is 1. The van der Waals surface area contributed by atoms with Crippen LogP contribution in [0.4, 0.5) is 0 Å². The normalized spacial score (nSPS) is 20.1. The minimum atomic E-state index is 0.852. The van der Waals surface area contributed by atoms with Crippen LogP contribution in [0, 0.1) is 5.92 Å². The molecule has 0 spiro atoms. The van der Waals surface area contributed by atoms with E-state index in [-0.39, 0.29) is 0 Å². The van der Waals surface area contributed by atoms with Gasteiger partial charge in [0.05, 0.1) is 6.61 Å². The number of hydroxylamine groups is 1. The Morgan fingerprint density at radius 2 is 2.07 bits per heavy atom. The molecule has 1 N–H and O–H groups in total. The molecular weight excluding hydrogens is 176 g/mol. The third-order valence-corrected chi connectivity index (χ3v) is 3.16. The maximum Gasteiger partial charge on any atom is 0.0682 e. The van der Waals surface area contributed by atoms with Crippen molar-refractivity contribution >= 4 is 0 Å². The topological polar surface area (TPSA) is 24.5 Å². The van der Waals surface area contributed by atoms with Crippen LogP contribution in [0.25, 0.3) is 0 Å². The summed E-state index contributed by atoms with van der Waals surface area (Å²) < 4.78 is 0. The van der Waals surface area contributed by atoms with Crippen molar-refractivity contribution in [1.82, 2.24) is 10.4 Å². The zero-order chi connectivity index (χ0) is 10.2. The van der Waals surface area contributed by atoms with Crippen LogP contribution in [0.15, 0.2) is 0 Å². The third-order valence-electron chi connectivity index (χ3n) is 3.16. The van der Waals surface area contributed by atoms with Gasteiger partial charge in [-0.3, -0.25) is 0 Å². The van der Waals surface area contributed by atoms with Gasteiger partial charge in [-0.2, -0.15) is 0 Å². The van der Waals surface area contributed by atoms with E-state index in [1.165, 1.54) is 45.3 Å². The highest BCUT2D eigenvalue weighted by Gasteiger charge is 2.17. The fraction of sp³-hybridized carbons (Fsp3) is 1.00. The van der Waals surface area contributed by atoms with Gasteiger partial charge in [-0.1, -0.05) is 6.92 Å². The van der Waals surface area contributed by atoms with Gasteiger partial charge in [0.2, 0.25) is 0 Å². The van der Waals surface area contributed by atoms with Crippen molar-refractivity contribution in [3.63, 3.8) is 0 Å². The average Bonchev–Trinajstić information content (AvgIpc) is 2.25. The van der Waals surface area contributed by atoms with Gasteiger partial charge in [0.25, 0.3) is 0 Å². The molecule has 3 heteroatoms. The van der Waals surface area contributed by atoms with Crippen LogP contribution in [0.1, 0.15) is 32.6 Å². The summed E-state index contributed by atoms with van der Waals surface area (Å²) in [7, 11) is 1.82. The number of likely N-dealkylation sites (tertiary alicyclic amines) is 1. The molecule has 3 nitrogen and oxygen atoms in total. The van der Waals surface area contributed by atoms with Crippen LogP contribution in [0.5, 0.6) is 0 Å². The Labute approximate surface area is 87.8 Å². The van der Waals surface area contributed by atoms with Gasteiger partial charge in [-0.05, 0) is 51.2 Å². The second-order valence-corrected chi connectivity index (χ2v) is 4.07. The fourth-order valence-electron chi connectivity index (χ4n) is 2.14. The van der Waals surface area contributed by atoms with Crippen LogP contribution in [0.2, 0.25) is 0 Å². The lowest BCUT2D eigenvalue weighted by Gasteiger charge is -2.30. The molecule has 0 bridgehead atoms. The molecule has 1 aliphatic rings. The van der Waals surface area contributed by atoms with Crippen molar-refractivity contribution in [2.75, 3.05) is 33.3 Å². The van der Waals surface area contributed by atoms with E-state index in [0.717, 1.165) is 12.5 Å². The molecule has 0 aromatic rings. The summed E-state index contributed by atoms with van der Waals surface area (Å²) in [5.41, 5.74) is 2.71. The summed E-state index contributed by atoms with van der Waals surface area (Å²) in [4.78, 5) is 7.65. The summed E-state index contributed by atoms with van der Waals surface area (Å²) in [5, 5.41) is 0. The van der Waals surface area contributed by atoms with Crippen molar-refractivity contribution < 1.29 is 4.84 Å². The maximum absolute atomic E-state index is 5.11. The molecule has 0 aromatic carbocycles. The molecule has 0 radical (unpaired) electrons. The zero-order valence-corrected chi connectivity index (χ0v) is 9.59. The smallest absolute Gasteiger partial charge is 0.0682 e. The predicted octanol–water partition coefficient (Wildman–Crippen LogP) is 1.65. The first-order chi connectivity index (χ1) is 6.86. The highest BCUT2D eigenvalue weighted by atomic mass is 16.6. The van der Waals surface area contributed by atoms with Crippen molar-refractivity contribution in [3.05, 3.63) is 0 Å². The summed E-state index contributed by atoms with van der Waals surface area (Å²) >= 11 is 0. The highest BCUT2D eigenvalue weighted by Crippen LogP contribution is 2.21. The number of hydrogen-bond acceptors (Lipinski definition) is 3. The second-order valence-electron chi connectivity index (χ2n) is 4.07. The summed E-state index contributed by atoms with van der Waals surface area (Å²) in [5.74, 6) is 0.943. The van der Waals surface area contributed by atoms with Crippen LogP contribution >= 0.6 is 0 Å². The summed E-state index contributed by atoms with van der Waals surface area (Å²) in [6.07, 6.45) is 5.29. The van der Waals surface area contributed by atoms with E-state index in [4.69, 9.17) is 4.84 Å². The molecule has 14 heavy (non-hydrogen) atoms. The van der Waals surface area contributed by atoms with E-state index in [9.17, 15) is 0 Å². The molecule has 0 amide bonds. The lowest BCUT2D eigenvalue weighted by Crippen LogP contribution is -2.33. The molecule has 0 aliphatic carbocycles. The van der Waals surface area contributed by atoms with Crippen LogP contribution in [-0.2, 0) is 4.84 Å². The summed E-state index contributed by atoms with van der Waals surface area (Å²) in [6, 6.07) is 0. The Morgan fingerprint density at radius 1 is 1.36 bits per heavy atom. The monoisotopic (exact) mass is 200 g/mol. The van der Waals surface area contributed by atoms with E-state index >= 15 is 0 Å². The minimum Gasteiger partial charge on any atom is -0.304 e. The van der Waals surface area contributed by atoms with Gasteiger partial charge < -0.3 is 9.74 Å². The van der Waals surface area contributed by atoms with Crippen molar-refractivity contribution in [3.8, 4) is 0 Å². The van der Waals surface area contributed by atoms with Gasteiger partial charge in [0.1, 0.15) is 0 Å². The van der Waals surface area contributed by atoms with E-state index in [1.54, 1.807) is 0 Å². The van der Waals surface area contributed by atoms with Crippen LogP contribution < -0.4 is 5.48 Å². The standard InChI is InChI=1S/C11H24N2O/c1-3-13-8-6-11(7-9-13)5-4-10-14-12-2/h11-12H,3-10H2,1-2H3. The van der Waals surface area contributed by atoms with E-state index < -0.39 is 0 Å². The second kappa shape index (κ2) is 7.21. The largest absolute Gasteiger partial charge is 0.304 e. The molecule has 0 saturated carbocycles. The third kappa shape index (κ3) is 4.40. The lowest BCUT2D eigenvalue weighted by atomic mass is 9.92. The number of nitrogens with one attached hydrogen (secondary N) is 1. The zero-order valence-electron chi connectivity index (χ0n) is 9.59. The Hall–Kier alpha value is -0.120. The van der Waals surface area contributed by atoms with Crippen LogP contribution in [0.3, 0.4) is 0 Å². The van der Waals surface area contributed by atoms with Crippen LogP contribution in [-0.4, -0.2) is 38.2 Å². The van der Waals surface area contributed by atoms with Gasteiger partial charge >= 0.3 is 0 Å².